The van der Waals surface area contributed by atoms with Gasteiger partial charge in [0.25, 0.3) is 0 Å². The molecule has 0 aliphatic carbocycles. The van der Waals surface area contributed by atoms with Gasteiger partial charge in [0.15, 0.2) is 11.3 Å². The van der Waals surface area contributed by atoms with Gasteiger partial charge in [0.05, 0.1) is 11.4 Å². The number of pyridine rings is 1. The molecule has 0 aromatic carbocycles. The lowest BCUT2D eigenvalue weighted by molar-refractivity contribution is 0.920. The molecule has 0 N–H and O–H groups in total. The maximum atomic E-state index is 9.10. The third-order valence-electron chi connectivity index (χ3n) is 2.69. The number of aromatic nitrogens is 4. The summed E-state index contributed by atoms with van der Waals surface area (Å²) in [6.45, 7) is 1.80. The Morgan fingerprint density at radius 3 is 2.78 bits per heavy atom. The highest BCUT2D eigenvalue weighted by Gasteiger charge is 2.10. The van der Waals surface area contributed by atoms with Gasteiger partial charge in [-0.25, -0.2) is 9.50 Å². The van der Waals surface area contributed by atoms with Crippen LogP contribution in [0, 0.1) is 18.3 Å². The lowest BCUT2D eigenvalue weighted by Crippen LogP contribution is -1.97. The van der Waals surface area contributed by atoms with Crippen molar-refractivity contribution in [3.05, 3.63) is 47.9 Å². The Hall–Kier alpha value is -2.74. The molecule has 0 saturated carbocycles. The van der Waals surface area contributed by atoms with Crippen molar-refractivity contribution in [2.75, 3.05) is 0 Å². The molecule has 0 fully saturated rings. The zero-order valence-electron chi connectivity index (χ0n) is 9.70. The molecule has 18 heavy (non-hydrogen) atoms. The standard InChI is InChI=1S/C13H9N5/c1-9-12(8-14)18-13(16-9)6-5-11(17-18)10-4-2-3-7-15-10/h2-7H,1H3. The molecule has 0 saturated heterocycles. The van der Waals surface area contributed by atoms with E-state index in [9.17, 15) is 0 Å². The average molecular weight is 235 g/mol. The molecule has 86 valence electrons. The van der Waals surface area contributed by atoms with Crippen LogP contribution in [0.3, 0.4) is 0 Å². The third-order valence-corrected chi connectivity index (χ3v) is 2.69. The summed E-state index contributed by atoms with van der Waals surface area (Å²) in [5.74, 6) is 0. The van der Waals surface area contributed by atoms with Crippen molar-refractivity contribution in [1.82, 2.24) is 19.6 Å². The lowest BCUT2D eigenvalue weighted by atomic mass is 10.2. The molecular formula is C13H9N5. The molecule has 0 spiro atoms. The lowest BCUT2D eigenvalue weighted by Gasteiger charge is -2.00. The average Bonchev–Trinajstić information content (AvgIpc) is 2.74. The summed E-state index contributed by atoms with van der Waals surface area (Å²) in [7, 11) is 0. The monoisotopic (exact) mass is 235 g/mol. The number of nitrogens with zero attached hydrogens (tertiary/aromatic N) is 5. The van der Waals surface area contributed by atoms with Gasteiger partial charge in [-0.1, -0.05) is 6.07 Å². The number of aryl methyl sites for hydroxylation is 1. The minimum absolute atomic E-state index is 0.461. The van der Waals surface area contributed by atoms with E-state index < -0.39 is 0 Å². The van der Waals surface area contributed by atoms with E-state index in [1.807, 2.05) is 30.3 Å². The summed E-state index contributed by atoms with van der Waals surface area (Å²) in [5, 5.41) is 13.5. The molecule has 0 aliphatic rings. The van der Waals surface area contributed by atoms with Gasteiger partial charge in [-0.3, -0.25) is 4.98 Å². The molecule has 0 atom stereocenters. The van der Waals surface area contributed by atoms with Gasteiger partial charge in [-0.15, -0.1) is 0 Å². The van der Waals surface area contributed by atoms with Crippen LogP contribution in [0.15, 0.2) is 36.5 Å². The maximum absolute atomic E-state index is 9.10. The molecular weight excluding hydrogens is 226 g/mol. The Labute approximate surface area is 103 Å². The predicted molar refractivity (Wildman–Crippen MR) is 65.7 cm³/mol. The van der Waals surface area contributed by atoms with Gasteiger partial charge >= 0.3 is 0 Å². The minimum Gasteiger partial charge on any atom is -0.255 e. The van der Waals surface area contributed by atoms with E-state index in [0.29, 0.717) is 17.0 Å². The molecule has 5 heteroatoms. The van der Waals surface area contributed by atoms with E-state index in [4.69, 9.17) is 5.26 Å². The first-order valence-corrected chi connectivity index (χ1v) is 5.47. The van der Waals surface area contributed by atoms with Crippen molar-refractivity contribution < 1.29 is 0 Å². The van der Waals surface area contributed by atoms with Crippen LogP contribution in [-0.4, -0.2) is 19.6 Å². The Bertz CT molecular complexity index is 752. The number of rotatable bonds is 1. The first-order valence-electron chi connectivity index (χ1n) is 5.47. The molecule has 3 rings (SSSR count). The maximum Gasteiger partial charge on any atom is 0.165 e. The Kier molecular flexibility index (Phi) is 2.27. The van der Waals surface area contributed by atoms with E-state index in [1.165, 1.54) is 0 Å². The van der Waals surface area contributed by atoms with E-state index in [-0.39, 0.29) is 0 Å². The molecule has 3 aromatic rings. The van der Waals surface area contributed by atoms with Gasteiger partial charge in [0.2, 0.25) is 0 Å². The molecule has 0 aliphatic heterocycles. The van der Waals surface area contributed by atoms with Crippen LogP contribution in [0.25, 0.3) is 17.0 Å². The van der Waals surface area contributed by atoms with Crippen LogP contribution >= 0.6 is 0 Å². The fraction of sp³-hybridized carbons (Fsp3) is 0.0769. The van der Waals surface area contributed by atoms with E-state index in [1.54, 1.807) is 17.6 Å². The van der Waals surface area contributed by atoms with Crippen LogP contribution in [0.4, 0.5) is 0 Å². The van der Waals surface area contributed by atoms with Crippen LogP contribution in [0.5, 0.6) is 0 Å². The highest BCUT2D eigenvalue weighted by molar-refractivity contribution is 5.57. The van der Waals surface area contributed by atoms with Crippen LogP contribution in [0.2, 0.25) is 0 Å². The van der Waals surface area contributed by atoms with Crippen molar-refractivity contribution in [2.24, 2.45) is 0 Å². The summed E-state index contributed by atoms with van der Waals surface area (Å²) in [4.78, 5) is 8.52. The zero-order chi connectivity index (χ0) is 12.5. The second-order valence-corrected chi connectivity index (χ2v) is 3.86. The van der Waals surface area contributed by atoms with Crippen LogP contribution in [0.1, 0.15) is 11.4 Å². The minimum atomic E-state index is 0.461. The van der Waals surface area contributed by atoms with E-state index >= 15 is 0 Å². The van der Waals surface area contributed by atoms with Gasteiger partial charge < -0.3 is 0 Å². The highest BCUT2D eigenvalue weighted by Crippen LogP contribution is 2.16. The van der Waals surface area contributed by atoms with Gasteiger partial charge in [-0.05, 0) is 31.2 Å². The number of nitriles is 1. The second-order valence-electron chi connectivity index (χ2n) is 3.86. The van der Waals surface area contributed by atoms with Crippen molar-refractivity contribution >= 4 is 5.65 Å². The quantitative estimate of drug-likeness (QED) is 0.646. The zero-order valence-corrected chi connectivity index (χ0v) is 9.70. The number of fused-ring (bicyclic) bond motifs is 1. The van der Waals surface area contributed by atoms with Crippen molar-refractivity contribution in [3.63, 3.8) is 0 Å². The SMILES string of the molecule is Cc1nc2ccc(-c3ccccn3)nn2c1C#N. The molecule has 0 bridgehead atoms. The first-order chi connectivity index (χ1) is 8.79. The number of hydrogen-bond donors (Lipinski definition) is 0. The normalized spacial score (nSPS) is 10.4. The molecule has 0 radical (unpaired) electrons. The van der Waals surface area contributed by atoms with Crippen LogP contribution in [-0.2, 0) is 0 Å². The first kappa shape index (κ1) is 10.4. The van der Waals surface area contributed by atoms with Crippen molar-refractivity contribution in [2.45, 2.75) is 6.92 Å². The summed E-state index contributed by atoms with van der Waals surface area (Å²) < 4.78 is 1.55. The largest absolute Gasteiger partial charge is 0.255 e. The smallest absolute Gasteiger partial charge is 0.165 e. The summed E-state index contributed by atoms with van der Waals surface area (Å²) >= 11 is 0. The van der Waals surface area contributed by atoms with Crippen molar-refractivity contribution in [1.29, 1.82) is 5.26 Å². The van der Waals surface area contributed by atoms with Crippen LogP contribution < -0.4 is 0 Å². The Balaban J connectivity index is 2.26. The predicted octanol–water partition coefficient (Wildman–Crippen LogP) is 1.97. The van der Waals surface area contributed by atoms with Gasteiger partial charge in [0.1, 0.15) is 11.8 Å². The molecule has 5 nitrogen and oxygen atoms in total. The van der Waals surface area contributed by atoms with Gasteiger partial charge in [-0.2, -0.15) is 10.4 Å². The third kappa shape index (κ3) is 1.52. The Morgan fingerprint density at radius 2 is 2.06 bits per heavy atom. The second kappa shape index (κ2) is 3.93. The number of hydrogen-bond acceptors (Lipinski definition) is 4. The Morgan fingerprint density at radius 1 is 1.17 bits per heavy atom. The molecule has 0 amide bonds. The summed E-state index contributed by atoms with van der Waals surface area (Å²) in [5.41, 5.74) is 3.31. The fourth-order valence-corrected chi connectivity index (χ4v) is 1.82. The molecule has 0 unspecified atom stereocenters. The van der Waals surface area contributed by atoms with E-state index in [0.717, 1.165) is 11.4 Å². The summed E-state index contributed by atoms with van der Waals surface area (Å²) in [6.07, 6.45) is 1.71. The van der Waals surface area contributed by atoms with E-state index in [2.05, 4.69) is 21.1 Å². The highest BCUT2D eigenvalue weighted by atomic mass is 15.3. The molecule has 3 aromatic heterocycles. The van der Waals surface area contributed by atoms with Crippen molar-refractivity contribution in [3.8, 4) is 17.5 Å². The molecule has 3 heterocycles. The van der Waals surface area contributed by atoms with Gasteiger partial charge in [0, 0.05) is 6.20 Å². The topological polar surface area (TPSA) is 66.9 Å². The summed E-state index contributed by atoms with van der Waals surface area (Å²) in [6, 6.07) is 11.4. The fourth-order valence-electron chi connectivity index (χ4n) is 1.82. The number of imidazole rings is 1.